The molecule has 1 aromatic heterocycles. The molecule has 1 saturated heterocycles. The normalized spacial score (nSPS) is 18.6. The van der Waals surface area contributed by atoms with Crippen molar-refractivity contribution < 1.29 is 13.9 Å². The van der Waals surface area contributed by atoms with Crippen molar-refractivity contribution in [2.24, 2.45) is 5.92 Å². The molecule has 0 spiro atoms. The SMILES string of the molecule is CC(C)c1nccn1[C@@H](C)C(=O)N1CCC[C@H](COc2ccc(F)cc2)C1. The Labute approximate surface area is 160 Å². The molecule has 1 amide bonds. The van der Waals surface area contributed by atoms with Gasteiger partial charge in [-0.05, 0) is 44.0 Å². The van der Waals surface area contributed by atoms with Gasteiger partial charge in [0.25, 0.3) is 0 Å². The Hall–Kier alpha value is -2.37. The van der Waals surface area contributed by atoms with Crippen LogP contribution in [0.15, 0.2) is 36.7 Å². The van der Waals surface area contributed by atoms with Gasteiger partial charge in [0.05, 0.1) is 6.61 Å². The van der Waals surface area contributed by atoms with E-state index in [4.69, 9.17) is 4.74 Å². The molecule has 0 aliphatic carbocycles. The molecule has 3 rings (SSSR count). The van der Waals surface area contributed by atoms with Crippen molar-refractivity contribution in [2.75, 3.05) is 19.7 Å². The number of aromatic nitrogens is 2. The van der Waals surface area contributed by atoms with E-state index in [0.717, 1.165) is 25.2 Å². The zero-order chi connectivity index (χ0) is 19.4. The van der Waals surface area contributed by atoms with Gasteiger partial charge in [0.15, 0.2) is 0 Å². The Balaban J connectivity index is 1.58. The third-order valence-corrected chi connectivity index (χ3v) is 5.12. The molecule has 1 aliphatic heterocycles. The molecule has 1 aliphatic rings. The number of imidazole rings is 1. The van der Waals surface area contributed by atoms with Crippen molar-refractivity contribution in [2.45, 2.75) is 45.6 Å². The van der Waals surface area contributed by atoms with Crippen LogP contribution in [-0.2, 0) is 4.79 Å². The molecule has 146 valence electrons. The van der Waals surface area contributed by atoms with Crippen LogP contribution in [-0.4, -0.2) is 40.1 Å². The monoisotopic (exact) mass is 373 g/mol. The highest BCUT2D eigenvalue weighted by molar-refractivity contribution is 5.80. The van der Waals surface area contributed by atoms with E-state index >= 15 is 0 Å². The summed E-state index contributed by atoms with van der Waals surface area (Å²) in [6.45, 7) is 8.11. The van der Waals surface area contributed by atoms with Crippen molar-refractivity contribution in [1.82, 2.24) is 14.5 Å². The Bertz CT molecular complexity index is 757. The molecule has 0 unspecified atom stereocenters. The summed E-state index contributed by atoms with van der Waals surface area (Å²) in [7, 11) is 0. The third-order valence-electron chi connectivity index (χ3n) is 5.12. The number of carbonyl (C=O) groups is 1. The number of halogens is 1. The summed E-state index contributed by atoms with van der Waals surface area (Å²) in [5.41, 5.74) is 0. The van der Waals surface area contributed by atoms with E-state index in [9.17, 15) is 9.18 Å². The lowest BCUT2D eigenvalue weighted by molar-refractivity contribution is -0.136. The van der Waals surface area contributed by atoms with Gasteiger partial charge >= 0.3 is 0 Å². The predicted octanol–water partition coefficient (Wildman–Crippen LogP) is 4.02. The predicted molar refractivity (Wildman–Crippen MR) is 102 cm³/mol. The maximum Gasteiger partial charge on any atom is 0.245 e. The highest BCUT2D eigenvalue weighted by Crippen LogP contribution is 2.23. The lowest BCUT2D eigenvalue weighted by atomic mass is 9.98. The Morgan fingerprint density at radius 1 is 1.30 bits per heavy atom. The van der Waals surface area contributed by atoms with Gasteiger partial charge in [-0.3, -0.25) is 4.79 Å². The van der Waals surface area contributed by atoms with Gasteiger partial charge in [-0.25, -0.2) is 9.37 Å². The van der Waals surface area contributed by atoms with Crippen LogP contribution in [0.2, 0.25) is 0 Å². The number of nitrogens with zero attached hydrogens (tertiary/aromatic N) is 3. The summed E-state index contributed by atoms with van der Waals surface area (Å²) in [6.07, 6.45) is 5.64. The number of carbonyl (C=O) groups excluding carboxylic acids is 1. The van der Waals surface area contributed by atoms with Crippen molar-refractivity contribution >= 4 is 5.91 Å². The van der Waals surface area contributed by atoms with E-state index in [1.165, 1.54) is 12.1 Å². The number of ether oxygens (including phenoxy) is 1. The number of hydrogen-bond acceptors (Lipinski definition) is 3. The number of amides is 1. The average Bonchev–Trinajstić information content (AvgIpc) is 3.17. The molecule has 27 heavy (non-hydrogen) atoms. The van der Waals surface area contributed by atoms with Crippen molar-refractivity contribution in [3.8, 4) is 5.75 Å². The van der Waals surface area contributed by atoms with Crippen molar-refractivity contribution in [3.63, 3.8) is 0 Å². The van der Waals surface area contributed by atoms with E-state index in [0.29, 0.717) is 18.9 Å². The number of piperidine rings is 1. The summed E-state index contributed by atoms with van der Waals surface area (Å²) in [5, 5.41) is 0. The maximum atomic E-state index is 13.0. The van der Waals surface area contributed by atoms with E-state index in [-0.39, 0.29) is 29.6 Å². The molecule has 1 fully saturated rings. The second-order valence-corrected chi connectivity index (χ2v) is 7.58. The van der Waals surface area contributed by atoms with Gasteiger partial charge in [-0.2, -0.15) is 0 Å². The van der Waals surface area contributed by atoms with Crippen LogP contribution in [0.4, 0.5) is 4.39 Å². The van der Waals surface area contributed by atoms with Gasteiger partial charge in [-0.1, -0.05) is 13.8 Å². The minimum absolute atomic E-state index is 0.126. The van der Waals surface area contributed by atoms with Crippen LogP contribution >= 0.6 is 0 Å². The van der Waals surface area contributed by atoms with Gasteiger partial charge < -0.3 is 14.2 Å². The second kappa shape index (κ2) is 8.55. The highest BCUT2D eigenvalue weighted by atomic mass is 19.1. The molecule has 2 aromatic rings. The fourth-order valence-electron chi connectivity index (χ4n) is 3.63. The lowest BCUT2D eigenvalue weighted by Gasteiger charge is -2.34. The van der Waals surface area contributed by atoms with Crippen molar-refractivity contribution in [1.29, 1.82) is 0 Å². The zero-order valence-corrected chi connectivity index (χ0v) is 16.3. The summed E-state index contributed by atoms with van der Waals surface area (Å²) < 4.78 is 20.8. The lowest BCUT2D eigenvalue weighted by Crippen LogP contribution is -2.44. The molecule has 0 N–H and O–H groups in total. The van der Waals surface area contributed by atoms with Crippen LogP contribution in [0.1, 0.15) is 51.4 Å². The quantitative estimate of drug-likeness (QED) is 0.768. The van der Waals surface area contributed by atoms with E-state index in [2.05, 4.69) is 18.8 Å². The molecule has 0 saturated carbocycles. The Kier molecular flexibility index (Phi) is 6.14. The first-order valence-corrected chi connectivity index (χ1v) is 9.65. The third kappa shape index (κ3) is 4.67. The number of hydrogen-bond donors (Lipinski definition) is 0. The summed E-state index contributed by atoms with van der Waals surface area (Å²) in [6, 6.07) is 5.79. The standard InChI is InChI=1S/C21H28FN3O2/c1-15(2)20-23-10-12-25(20)16(3)21(26)24-11-4-5-17(13-24)14-27-19-8-6-18(22)7-9-19/h6-10,12,15-17H,4-5,11,13-14H2,1-3H3/t16-,17-/m0/s1. The minimum atomic E-state index is -0.272. The van der Waals surface area contributed by atoms with E-state index < -0.39 is 0 Å². The smallest absolute Gasteiger partial charge is 0.245 e. The summed E-state index contributed by atoms with van der Waals surface area (Å²) in [4.78, 5) is 19.4. The highest BCUT2D eigenvalue weighted by Gasteiger charge is 2.29. The molecule has 0 radical (unpaired) electrons. The molecular formula is C21H28FN3O2. The number of benzene rings is 1. The van der Waals surface area contributed by atoms with Gasteiger partial charge in [-0.15, -0.1) is 0 Å². The van der Waals surface area contributed by atoms with Crippen LogP contribution in [0.3, 0.4) is 0 Å². The van der Waals surface area contributed by atoms with Gasteiger partial charge in [0.1, 0.15) is 23.4 Å². The molecule has 5 nitrogen and oxygen atoms in total. The maximum absolute atomic E-state index is 13.0. The van der Waals surface area contributed by atoms with Gasteiger partial charge in [0.2, 0.25) is 5.91 Å². The summed E-state index contributed by atoms with van der Waals surface area (Å²) >= 11 is 0. The minimum Gasteiger partial charge on any atom is -0.493 e. The first-order valence-electron chi connectivity index (χ1n) is 9.65. The van der Waals surface area contributed by atoms with Crippen LogP contribution < -0.4 is 4.74 Å². The first-order chi connectivity index (χ1) is 13.0. The number of likely N-dealkylation sites (tertiary alicyclic amines) is 1. The summed E-state index contributed by atoms with van der Waals surface area (Å²) in [5.74, 6) is 2.01. The van der Waals surface area contributed by atoms with E-state index in [1.807, 2.05) is 22.6 Å². The van der Waals surface area contributed by atoms with Crippen LogP contribution in [0, 0.1) is 11.7 Å². The average molecular weight is 373 g/mol. The number of rotatable bonds is 6. The van der Waals surface area contributed by atoms with Crippen LogP contribution in [0.25, 0.3) is 0 Å². The Morgan fingerprint density at radius 2 is 2.04 bits per heavy atom. The van der Waals surface area contributed by atoms with Crippen LogP contribution in [0.5, 0.6) is 5.75 Å². The molecule has 0 bridgehead atoms. The fraction of sp³-hybridized carbons (Fsp3) is 0.524. The topological polar surface area (TPSA) is 47.4 Å². The zero-order valence-electron chi connectivity index (χ0n) is 16.3. The first kappa shape index (κ1) is 19.4. The molecule has 2 atom stereocenters. The van der Waals surface area contributed by atoms with Gasteiger partial charge in [0, 0.05) is 37.3 Å². The molecular weight excluding hydrogens is 345 g/mol. The molecule has 2 heterocycles. The molecule has 1 aromatic carbocycles. The van der Waals surface area contributed by atoms with Crippen molar-refractivity contribution in [3.05, 3.63) is 48.3 Å². The fourth-order valence-corrected chi connectivity index (χ4v) is 3.63. The Morgan fingerprint density at radius 3 is 2.74 bits per heavy atom. The second-order valence-electron chi connectivity index (χ2n) is 7.58. The van der Waals surface area contributed by atoms with E-state index in [1.54, 1.807) is 18.3 Å². The largest absolute Gasteiger partial charge is 0.493 e. The molecule has 6 heteroatoms.